The number of hydrogen-bond acceptors (Lipinski definition) is 5. The summed E-state index contributed by atoms with van der Waals surface area (Å²) in [7, 11) is 3.17. The predicted molar refractivity (Wildman–Crippen MR) is 102 cm³/mol. The normalized spacial score (nSPS) is 12.5. The Morgan fingerprint density at radius 1 is 1.14 bits per heavy atom. The van der Waals surface area contributed by atoms with Crippen LogP contribution in [0.1, 0.15) is 27.0 Å². The van der Waals surface area contributed by atoms with Crippen LogP contribution in [0.5, 0.6) is 11.5 Å². The van der Waals surface area contributed by atoms with E-state index in [-0.39, 0.29) is 18.4 Å². The summed E-state index contributed by atoms with van der Waals surface area (Å²) in [4.78, 5) is 26.5. The fraction of sp³-hybridized carbons (Fsp3) is 0.286. The van der Waals surface area contributed by atoms with Crippen LogP contribution < -0.4 is 14.8 Å². The van der Waals surface area contributed by atoms with Gasteiger partial charge >= 0.3 is 0 Å². The molecule has 1 aliphatic rings. The summed E-state index contributed by atoms with van der Waals surface area (Å²) in [5.74, 6) is 0.758. The van der Waals surface area contributed by atoms with Crippen LogP contribution in [-0.4, -0.2) is 44.0 Å². The second-order valence-electron chi connectivity index (χ2n) is 6.42. The van der Waals surface area contributed by atoms with Gasteiger partial charge < -0.3 is 19.7 Å². The van der Waals surface area contributed by atoms with E-state index in [1.807, 2.05) is 18.2 Å². The lowest BCUT2D eigenvalue weighted by molar-refractivity contribution is -0.131. The molecule has 7 heteroatoms. The van der Waals surface area contributed by atoms with Gasteiger partial charge in [-0.3, -0.25) is 9.59 Å². The lowest BCUT2D eigenvalue weighted by Crippen LogP contribution is -2.42. The molecule has 3 rings (SSSR count). The monoisotopic (exact) mass is 379 g/mol. The quantitative estimate of drug-likeness (QED) is 0.857. The number of fused-ring (bicyclic) bond motifs is 1. The summed E-state index contributed by atoms with van der Waals surface area (Å²) in [5.41, 5.74) is 2.88. The molecule has 0 aliphatic carbocycles. The first-order valence-corrected chi connectivity index (χ1v) is 8.85. The number of carbonyl (C=O) groups is 2. The number of nitriles is 1. The molecule has 0 fully saturated rings. The fourth-order valence-electron chi connectivity index (χ4n) is 3.20. The van der Waals surface area contributed by atoms with Crippen LogP contribution in [0.2, 0.25) is 0 Å². The largest absolute Gasteiger partial charge is 0.493 e. The summed E-state index contributed by atoms with van der Waals surface area (Å²) in [6.45, 7) is 0.924. The maximum absolute atomic E-state index is 12.5. The first kappa shape index (κ1) is 19.2. The van der Waals surface area contributed by atoms with Crippen molar-refractivity contribution in [3.05, 3.63) is 58.7 Å². The van der Waals surface area contributed by atoms with Crippen LogP contribution >= 0.6 is 0 Å². The van der Waals surface area contributed by atoms with Crippen LogP contribution in [0.4, 0.5) is 0 Å². The van der Waals surface area contributed by atoms with Gasteiger partial charge in [0.15, 0.2) is 11.5 Å². The number of methoxy groups -OCH3 is 2. The van der Waals surface area contributed by atoms with Gasteiger partial charge in [0.1, 0.15) is 0 Å². The molecule has 0 unspecified atom stereocenters. The molecule has 2 amide bonds. The van der Waals surface area contributed by atoms with Crippen LogP contribution in [0.15, 0.2) is 36.4 Å². The topological polar surface area (TPSA) is 91.7 Å². The lowest BCUT2D eigenvalue weighted by atomic mass is 9.98. The average Bonchev–Trinajstić information content (AvgIpc) is 2.75. The molecule has 0 spiro atoms. The van der Waals surface area contributed by atoms with Crippen molar-refractivity contribution in [2.24, 2.45) is 0 Å². The molecular weight excluding hydrogens is 358 g/mol. The Morgan fingerprint density at radius 3 is 2.54 bits per heavy atom. The van der Waals surface area contributed by atoms with Gasteiger partial charge in [0.25, 0.3) is 5.91 Å². The van der Waals surface area contributed by atoms with Crippen molar-refractivity contribution in [2.45, 2.75) is 13.0 Å². The fourth-order valence-corrected chi connectivity index (χ4v) is 3.20. The zero-order valence-corrected chi connectivity index (χ0v) is 15.8. The van der Waals surface area contributed by atoms with Crippen LogP contribution in [0.25, 0.3) is 0 Å². The first-order chi connectivity index (χ1) is 13.5. The van der Waals surface area contributed by atoms with E-state index < -0.39 is 0 Å². The highest BCUT2D eigenvalue weighted by molar-refractivity contribution is 5.96. The zero-order valence-electron chi connectivity index (χ0n) is 15.8. The van der Waals surface area contributed by atoms with E-state index in [1.54, 1.807) is 37.3 Å². The minimum atomic E-state index is -0.380. The maximum Gasteiger partial charge on any atom is 0.251 e. The van der Waals surface area contributed by atoms with Crippen molar-refractivity contribution in [2.75, 3.05) is 27.3 Å². The third kappa shape index (κ3) is 4.07. The highest BCUT2D eigenvalue weighted by Gasteiger charge is 2.23. The van der Waals surface area contributed by atoms with Gasteiger partial charge in [-0.05, 0) is 47.9 Å². The molecule has 7 nitrogen and oxygen atoms in total. The van der Waals surface area contributed by atoms with Crippen LogP contribution in [0, 0.1) is 11.3 Å². The molecule has 1 heterocycles. The summed E-state index contributed by atoms with van der Waals surface area (Å²) in [6, 6.07) is 12.2. The first-order valence-electron chi connectivity index (χ1n) is 8.85. The van der Waals surface area contributed by atoms with Crippen LogP contribution in [-0.2, 0) is 17.8 Å². The Labute approximate surface area is 163 Å². The number of nitrogens with zero attached hydrogens (tertiary/aromatic N) is 2. The van der Waals surface area contributed by atoms with E-state index in [4.69, 9.17) is 14.7 Å². The molecule has 144 valence electrons. The summed E-state index contributed by atoms with van der Waals surface area (Å²) >= 11 is 0. The minimum absolute atomic E-state index is 0.0990. The van der Waals surface area contributed by atoms with Gasteiger partial charge in [0, 0.05) is 18.7 Å². The molecule has 0 saturated carbocycles. The van der Waals surface area contributed by atoms with E-state index in [9.17, 15) is 9.59 Å². The Balaban J connectivity index is 1.63. The van der Waals surface area contributed by atoms with Gasteiger partial charge in [-0.1, -0.05) is 6.07 Å². The number of rotatable bonds is 5. The van der Waals surface area contributed by atoms with E-state index in [0.29, 0.717) is 42.1 Å². The van der Waals surface area contributed by atoms with Gasteiger partial charge in [-0.2, -0.15) is 5.26 Å². The summed E-state index contributed by atoms with van der Waals surface area (Å²) in [6.07, 6.45) is 0.708. The molecule has 2 aromatic carbocycles. The van der Waals surface area contributed by atoms with Crippen LogP contribution in [0.3, 0.4) is 0 Å². The number of ether oxygens (including phenoxy) is 2. The maximum atomic E-state index is 12.5. The summed E-state index contributed by atoms with van der Waals surface area (Å²) < 4.78 is 10.7. The number of nitrogens with one attached hydrogen (secondary N) is 1. The van der Waals surface area contributed by atoms with E-state index >= 15 is 0 Å². The van der Waals surface area contributed by atoms with Gasteiger partial charge in [0.05, 0.1) is 32.4 Å². The third-order valence-corrected chi connectivity index (χ3v) is 4.72. The van der Waals surface area contributed by atoms with Crippen molar-refractivity contribution >= 4 is 11.8 Å². The van der Waals surface area contributed by atoms with Crippen molar-refractivity contribution < 1.29 is 19.1 Å². The standard InChI is InChI=1S/C21H21N3O4/c1-27-18-9-15-6-7-24(13-17(15)10-19(18)28-2)20(25)12-23-21(26)16-5-3-4-14(8-16)11-22/h3-5,8-10H,6-7,12-13H2,1-2H3,(H,23,26). The number of amides is 2. The zero-order chi connectivity index (χ0) is 20.1. The Hall–Kier alpha value is -3.53. The van der Waals surface area contributed by atoms with Crippen molar-refractivity contribution in [1.82, 2.24) is 10.2 Å². The highest BCUT2D eigenvalue weighted by Crippen LogP contribution is 2.33. The average molecular weight is 379 g/mol. The Kier molecular flexibility index (Phi) is 5.80. The third-order valence-electron chi connectivity index (χ3n) is 4.72. The van der Waals surface area contributed by atoms with Crippen molar-refractivity contribution in [3.63, 3.8) is 0 Å². The highest BCUT2D eigenvalue weighted by atomic mass is 16.5. The van der Waals surface area contributed by atoms with E-state index in [1.165, 1.54) is 6.07 Å². The molecule has 0 atom stereocenters. The van der Waals surface area contributed by atoms with Crippen molar-refractivity contribution in [1.29, 1.82) is 5.26 Å². The second kappa shape index (κ2) is 8.44. The molecule has 0 radical (unpaired) electrons. The molecule has 0 bridgehead atoms. The van der Waals surface area contributed by atoms with Crippen molar-refractivity contribution in [3.8, 4) is 17.6 Å². The number of hydrogen-bond donors (Lipinski definition) is 1. The molecular formula is C21H21N3O4. The number of carbonyl (C=O) groups excluding carboxylic acids is 2. The molecule has 0 aromatic heterocycles. The smallest absolute Gasteiger partial charge is 0.251 e. The SMILES string of the molecule is COc1cc2c(cc1OC)CN(C(=O)CNC(=O)c1cccc(C#N)c1)CC2. The van der Waals surface area contributed by atoms with E-state index in [0.717, 1.165) is 11.1 Å². The summed E-state index contributed by atoms with van der Waals surface area (Å²) in [5, 5.41) is 11.6. The lowest BCUT2D eigenvalue weighted by Gasteiger charge is -2.29. The number of benzene rings is 2. The van der Waals surface area contributed by atoms with Gasteiger partial charge in [0.2, 0.25) is 5.91 Å². The molecule has 0 saturated heterocycles. The Morgan fingerprint density at radius 2 is 1.86 bits per heavy atom. The molecule has 28 heavy (non-hydrogen) atoms. The Bertz CT molecular complexity index is 949. The van der Waals surface area contributed by atoms with Gasteiger partial charge in [-0.25, -0.2) is 0 Å². The molecule has 1 aliphatic heterocycles. The molecule has 1 N–H and O–H groups in total. The molecule has 2 aromatic rings. The van der Waals surface area contributed by atoms with Gasteiger partial charge in [-0.15, -0.1) is 0 Å². The minimum Gasteiger partial charge on any atom is -0.493 e. The van der Waals surface area contributed by atoms with E-state index in [2.05, 4.69) is 5.32 Å². The second-order valence-corrected chi connectivity index (χ2v) is 6.42. The predicted octanol–water partition coefficient (Wildman–Crippen LogP) is 1.89.